The van der Waals surface area contributed by atoms with Crippen molar-refractivity contribution in [1.29, 1.82) is 0 Å². The highest BCUT2D eigenvalue weighted by Crippen LogP contribution is 2.31. The van der Waals surface area contributed by atoms with Crippen molar-refractivity contribution >= 4 is 35.3 Å². The second-order valence-electron chi connectivity index (χ2n) is 9.49. The Labute approximate surface area is 240 Å². The highest BCUT2D eigenvalue weighted by Gasteiger charge is 2.39. The molecule has 3 aromatic rings. The number of rotatable bonds is 3. The van der Waals surface area contributed by atoms with Crippen LogP contribution in [0.3, 0.4) is 0 Å². The Kier molecular flexibility index (Phi) is 9.25. The van der Waals surface area contributed by atoms with Gasteiger partial charge in [-0.2, -0.15) is 0 Å². The van der Waals surface area contributed by atoms with Crippen molar-refractivity contribution in [3.05, 3.63) is 88.8 Å². The van der Waals surface area contributed by atoms with Gasteiger partial charge in [-0.3, -0.25) is 43.7 Å². The highest BCUT2D eigenvalue weighted by molar-refractivity contribution is 6.09. The number of ketones is 3. The van der Waals surface area contributed by atoms with Crippen molar-refractivity contribution < 1.29 is 43.0 Å². The zero-order valence-electron chi connectivity index (χ0n) is 23.1. The molecule has 0 aliphatic heterocycles. The first-order valence-corrected chi connectivity index (χ1v) is 12.8. The van der Waals surface area contributed by atoms with Crippen molar-refractivity contribution in [3.8, 4) is 0 Å². The summed E-state index contributed by atoms with van der Waals surface area (Å²) in [7, 11) is 3.85. The quantitative estimate of drug-likeness (QED) is 0.251. The first-order valence-electron chi connectivity index (χ1n) is 12.8. The normalized spacial score (nSPS) is 19.2. The monoisotopic (exact) mass is 573 g/mol. The molecule has 12 heteroatoms. The summed E-state index contributed by atoms with van der Waals surface area (Å²) in [5.74, 6) is -4.10. The van der Waals surface area contributed by atoms with Crippen LogP contribution >= 0.6 is 0 Å². The number of pyridine rings is 3. The van der Waals surface area contributed by atoms with E-state index in [4.69, 9.17) is 0 Å². The summed E-state index contributed by atoms with van der Waals surface area (Å²) >= 11 is 0. The molecule has 0 amide bonds. The molecule has 3 heterocycles. The van der Waals surface area contributed by atoms with Gasteiger partial charge in [-0.25, -0.2) is 0 Å². The van der Waals surface area contributed by atoms with Crippen LogP contribution < -0.4 is 0 Å². The number of Topliss-reactive ketones (excluding diaryl/α,β-unsaturated/α-hetero) is 3. The number of nitrogens with zero attached hydrogens (tertiary/aromatic N) is 3. The molecule has 3 aromatic heterocycles. The van der Waals surface area contributed by atoms with E-state index < -0.39 is 35.7 Å². The summed E-state index contributed by atoms with van der Waals surface area (Å²) < 4.78 is 13.7. The molecule has 0 N–H and O–H groups in total. The Morgan fingerprint density at radius 1 is 0.619 bits per heavy atom. The number of carbonyl (C=O) groups is 6. The second kappa shape index (κ2) is 13.0. The number of hydrogen-bond donors (Lipinski definition) is 0. The topological polar surface area (TPSA) is 169 Å². The van der Waals surface area contributed by atoms with E-state index in [1.807, 2.05) is 0 Å². The molecule has 3 aliphatic rings. The maximum atomic E-state index is 11.5. The van der Waals surface area contributed by atoms with Gasteiger partial charge in [-0.1, -0.05) is 6.07 Å². The van der Waals surface area contributed by atoms with Crippen molar-refractivity contribution in [2.75, 3.05) is 21.3 Å². The van der Waals surface area contributed by atoms with Gasteiger partial charge >= 0.3 is 17.9 Å². The Morgan fingerprint density at radius 3 is 1.79 bits per heavy atom. The molecule has 0 saturated carbocycles. The second-order valence-corrected chi connectivity index (χ2v) is 9.49. The maximum Gasteiger partial charge on any atom is 0.320 e. The van der Waals surface area contributed by atoms with Crippen molar-refractivity contribution in [1.82, 2.24) is 15.0 Å². The third kappa shape index (κ3) is 5.97. The molecule has 0 saturated heterocycles. The fourth-order valence-electron chi connectivity index (χ4n) is 5.08. The Morgan fingerprint density at radius 2 is 1.14 bits per heavy atom. The Bertz CT molecular complexity index is 1360. The zero-order chi connectivity index (χ0) is 30.4. The molecule has 0 radical (unpaired) electrons. The van der Waals surface area contributed by atoms with E-state index in [2.05, 4.69) is 29.2 Å². The van der Waals surface area contributed by atoms with Gasteiger partial charge < -0.3 is 14.2 Å². The van der Waals surface area contributed by atoms with Gasteiger partial charge in [0.25, 0.3) is 0 Å². The van der Waals surface area contributed by atoms with E-state index in [1.165, 1.54) is 21.3 Å². The molecule has 0 aromatic carbocycles. The average Bonchev–Trinajstić information content (AvgIpc) is 3.64. The molecular weight excluding hydrogens is 546 g/mol. The third-order valence-electron chi connectivity index (χ3n) is 7.09. The molecule has 0 bridgehead atoms. The number of hydrogen-bond acceptors (Lipinski definition) is 12. The fourth-order valence-corrected chi connectivity index (χ4v) is 5.08. The lowest BCUT2D eigenvalue weighted by molar-refractivity contribution is -0.146. The molecular formula is C30H27N3O9. The lowest BCUT2D eigenvalue weighted by atomic mass is 10.0. The number of methoxy groups -OCH3 is 3. The number of esters is 3. The van der Waals surface area contributed by atoms with Crippen molar-refractivity contribution in [2.24, 2.45) is 0 Å². The fraction of sp³-hybridized carbons (Fsp3) is 0.300. The number of aromatic nitrogens is 3. The largest absolute Gasteiger partial charge is 0.468 e. The first kappa shape index (κ1) is 29.8. The predicted molar refractivity (Wildman–Crippen MR) is 143 cm³/mol. The predicted octanol–water partition coefficient (Wildman–Crippen LogP) is 1.39. The molecule has 3 aliphatic carbocycles. The summed E-state index contributed by atoms with van der Waals surface area (Å²) in [5.41, 5.74) is 4.49. The molecule has 42 heavy (non-hydrogen) atoms. The molecule has 0 fully saturated rings. The Balaban J connectivity index is 0.000000145. The van der Waals surface area contributed by atoms with Crippen LogP contribution in [0.15, 0.2) is 55.2 Å². The van der Waals surface area contributed by atoms with Gasteiger partial charge in [0.1, 0.15) is 17.8 Å². The van der Waals surface area contributed by atoms with Crippen LogP contribution in [0, 0.1) is 0 Å². The molecule has 3 unspecified atom stereocenters. The highest BCUT2D eigenvalue weighted by atomic mass is 16.5. The molecule has 216 valence electrons. The van der Waals surface area contributed by atoms with Crippen LogP contribution in [0.4, 0.5) is 0 Å². The number of ether oxygens (including phenoxy) is 3. The minimum absolute atomic E-state index is 0.111. The van der Waals surface area contributed by atoms with Gasteiger partial charge in [0.2, 0.25) is 0 Å². The van der Waals surface area contributed by atoms with Gasteiger partial charge in [0.05, 0.1) is 33.4 Å². The van der Waals surface area contributed by atoms with Crippen LogP contribution in [0.5, 0.6) is 0 Å². The van der Waals surface area contributed by atoms with E-state index >= 15 is 0 Å². The summed E-state index contributed by atoms with van der Waals surface area (Å²) in [6.45, 7) is 0. The van der Waals surface area contributed by atoms with Crippen LogP contribution in [0.1, 0.15) is 51.3 Å². The number of fused-ring (bicyclic) bond motifs is 3. The maximum absolute atomic E-state index is 11.5. The zero-order valence-corrected chi connectivity index (χ0v) is 23.1. The van der Waals surface area contributed by atoms with E-state index in [1.54, 1.807) is 55.2 Å². The average molecular weight is 574 g/mol. The lowest BCUT2D eigenvalue weighted by Crippen LogP contribution is -2.18. The smallest absolute Gasteiger partial charge is 0.320 e. The van der Waals surface area contributed by atoms with Gasteiger partial charge in [-0.15, -0.1) is 0 Å². The minimum Gasteiger partial charge on any atom is -0.468 e. The van der Waals surface area contributed by atoms with Crippen LogP contribution in [-0.2, 0) is 62.2 Å². The Hall–Kier alpha value is -5.13. The number of carbonyl (C=O) groups excluding carboxylic acids is 6. The van der Waals surface area contributed by atoms with Crippen molar-refractivity contribution in [2.45, 2.75) is 37.0 Å². The molecule has 12 nitrogen and oxygen atoms in total. The summed E-state index contributed by atoms with van der Waals surface area (Å²) in [4.78, 5) is 80.3. The molecule has 3 atom stereocenters. The van der Waals surface area contributed by atoms with Gasteiger partial charge in [0.15, 0.2) is 17.3 Å². The van der Waals surface area contributed by atoms with E-state index in [9.17, 15) is 28.8 Å². The van der Waals surface area contributed by atoms with E-state index in [-0.39, 0.29) is 30.2 Å². The van der Waals surface area contributed by atoms with Crippen molar-refractivity contribution in [3.63, 3.8) is 0 Å². The minimum atomic E-state index is -0.760. The summed E-state index contributed by atoms with van der Waals surface area (Å²) in [5, 5.41) is 0. The molecule has 0 spiro atoms. The SMILES string of the molecule is COC(=O)C1C(=O)Cc2ccncc21.COC(=O)C1C(=O)Cc2cnccc21.COC(=O)C1C(=O)Cc2ncccc21. The summed E-state index contributed by atoms with van der Waals surface area (Å²) in [6, 6.07) is 6.92. The first-order chi connectivity index (χ1) is 20.2. The van der Waals surface area contributed by atoms with Crippen LogP contribution in [0.25, 0.3) is 0 Å². The summed E-state index contributed by atoms with van der Waals surface area (Å²) in [6.07, 6.45) is 8.80. The van der Waals surface area contributed by atoms with E-state index in [0.717, 1.165) is 16.7 Å². The third-order valence-corrected chi connectivity index (χ3v) is 7.09. The molecule has 6 rings (SSSR count). The van der Waals surface area contributed by atoms with Gasteiger partial charge in [-0.05, 0) is 46.0 Å². The van der Waals surface area contributed by atoms with Crippen LogP contribution in [0.2, 0.25) is 0 Å². The van der Waals surface area contributed by atoms with Crippen LogP contribution in [-0.4, -0.2) is 71.5 Å². The van der Waals surface area contributed by atoms with E-state index in [0.29, 0.717) is 23.2 Å². The van der Waals surface area contributed by atoms with Gasteiger partial charge in [0, 0.05) is 43.8 Å². The standard InChI is InChI=1S/3C10H9NO3/c1-14-10(13)9-7-2-3-11-5-6(7)4-8(9)12;1-14-10(13)9-7-5-11-3-2-6(7)4-8(9)12;1-14-10(13)9-6-3-2-4-11-7(6)5-8(9)12/h2*2-3,5,9H,4H2,1H3;2-4,9H,5H2,1H3. The lowest BCUT2D eigenvalue weighted by Gasteiger charge is -2.06.